The lowest BCUT2D eigenvalue weighted by atomic mass is 10.1. The molecule has 4 aromatic rings. The number of fused-ring (bicyclic) bond motifs is 1. The molecule has 0 spiro atoms. The molecule has 0 radical (unpaired) electrons. The van der Waals surface area contributed by atoms with Crippen LogP contribution in [-0.2, 0) is 32.0 Å². The number of carbonyl (C=O) groups is 1. The Morgan fingerprint density at radius 3 is 2.59 bits per heavy atom. The molecule has 5 rings (SSSR count). The first-order chi connectivity index (χ1) is 22.0. The summed E-state index contributed by atoms with van der Waals surface area (Å²) in [6, 6.07) is 17.3. The minimum atomic E-state index is -5.15. The average molecular weight is 679 g/mol. The summed E-state index contributed by atoms with van der Waals surface area (Å²) in [6.45, 7) is 0.737. The van der Waals surface area contributed by atoms with E-state index in [2.05, 4.69) is 19.1 Å². The Morgan fingerprint density at radius 2 is 1.85 bits per heavy atom. The molecule has 1 aliphatic heterocycles. The van der Waals surface area contributed by atoms with Crippen LogP contribution in [0.2, 0.25) is 0 Å². The van der Waals surface area contributed by atoms with Crippen molar-refractivity contribution in [3.8, 4) is 17.0 Å². The van der Waals surface area contributed by atoms with Gasteiger partial charge < -0.3 is 24.0 Å². The molecule has 18 heteroatoms. The summed E-state index contributed by atoms with van der Waals surface area (Å²) in [6.07, 6.45) is -0.867. The zero-order chi connectivity index (χ0) is 32.9. The van der Waals surface area contributed by atoms with Crippen LogP contribution < -0.4 is 15.7 Å². The van der Waals surface area contributed by atoms with Gasteiger partial charge >= 0.3 is 27.4 Å². The Bertz CT molecular complexity index is 1830. The second-order valence-electron chi connectivity index (χ2n) is 10.0. The molecule has 3 N–H and O–H groups in total. The van der Waals surface area contributed by atoms with E-state index in [1.54, 1.807) is 74.8 Å². The van der Waals surface area contributed by atoms with E-state index in [4.69, 9.17) is 18.7 Å². The molecule has 1 aliphatic rings. The fourth-order valence-electron chi connectivity index (χ4n) is 4.64. The van der Waals surface area contributed by atoms with E-state index >= 15 is 0 Å². The van der Waals surface area contributed by atoms with E-state index in [9.17, 15) is 28.5 Å². The lowest BCUT2D eigenvalue weighted by Crippen LogP contribution is -2.32. The highest BCUT2D eigenvalue weighted by atomic mass is 31.3. The van der Waals surface area contributed by atoms with Crippen molar-refractivity contribution in [1.29, 1.82) is 0 Å². The maximum absolute atomic E-state index is 13.6. The minimum absolute atomic E-state index is 0.0617. The average Bonchev–Trinajstić information content (AvgIpc) is 3.64. The SMILES string of the molecule is CCCOP(=O)(O)OP(=O)(O)OC[C@H]1O[C@@H](n2ccc3nc(-c4cccc(OC)c4)cn3c2=O)CC1OC(=O)Nc1ccccc1. The predicted octanol–water partition coefficient (Wildman–Crippen LogP) is 4.74. The summed E-state index contributed by atoms with van der Waals surface area (Å²) in [5, 5.41) is 2.57. The molecule has 0 bridgehead atoms. The Labute approximate surface area is 262 Å². The number of ether oxygens (including phenoxy) is 3. The lowest BCUT2D eigenvalue weighted by molar-refractivity contribution is -0.0464. The van der Waals surface area contributed by atoms with Crippen molar-refractivity contribution < 1.29 is 51.3 Å². The van der Waals surface area contributed by atoms with Crippen molar-refractivity contribution in [3.05, 3.63) is 83.5 Å². The number of para-hydroxylation sites is 1. The van der Waals surface area contributed by atoms with Crippen molar-refractivity contribution >= 4 is 33.1 Å². The number of carbonyl (C=O) groups excluding carboxylic acids is 1. The number of methoxy groups -OCH3 is 1. The van der Waals surface area contributed by atoms with E-state index < -0.39 is 52.5 Å². The predicted molar refractivity (Wildman–Crippen MR) is 163 cm³/mol. The molecule has 3 heterocycles. The molecule has 46 heavy (non-hydrogen) atoms. The number of imidazole rings is 1. The summed E-state index contributed by atoms with van der Waals surface area (Å²) in [5.41, 5.74) is 1.54. The number of hydrogen-bond acceptors (Lipinski definition) is 11. The van der Waals surface area contributed by atoms with Gasteiger partial charge in [0.15, 0.2) is 0 Å². The van der Waals surface area contributed by atoms with Gasteiger partial charge in [-0.25, -0.2) is 23.7 Å². The number of rotatable bonds is 13. The van der Waals surface area contributed by atoms with Crippen LogP contribution in [0.1, 0.15) is 26.0 Å². The molecule has 5 atom stereocenters. The van der Waals surface area contributed by atoms with Gasteiger partial charge in [0.05, 0.1) is 26.0 Å². The van der Waals surface area contributed by atoms with Crippen LogP contribution in [0.5, 0.6) is 5.75 Å². The molecule has 1 saturated heterocycles. The van der Waals surface area contributed by atoms with E-state index in [1.807, 2.05) is 6.07 Å². The summed E-state index contributed by atoms with van der Waals surface area (Å²) in [7, 11) is -8.53. The standard InChI is InChI=1S/C28H32N4O12P2/c1-3-14-40-45(35,36)44-46(37,38)41-18-24-23(43-27(33)29-20-9-5-4-6-10-20)16-26(42-24)31-13-12-25-30-22(17-32(25)28(31)34)19-8-7-11-21(15-19)39-2/h4-13,15,17,23-24,26H,3,14,16,18H2,1-2H3,(H,29,33)(H,35,36)(H,37,38)/t23?,24-,26-/m1/s1. The van der Waals surface area contributed by atoms with Gasteiger partial charge in [-0.15, -0.1) is 0 Å². The van der Waals surface area contributed by atoms with E-state index in [-0.39, 0.29) is 13.0 Å². The quantitative estimate of drug-likeness (QED) is 0.164. The summed E-state index contributed by atoms with van der Waals surface area (Å²) in [4.78, 5) is 50.7. The van der Waals surface area contributed by atoms with Crippen molar-refractivity contribution in [2.24, 2.45) is 0 Å². The van der Waals surface area contributed by atoms with Gasteiger partial charge in [-0.1, -0.05) is 37.3 Å². The van der Waals surface area contributed by atoms with Crippen LogP contribution in [0.25, 0.3) is 16.9 Å². The summed E-state index contributed by atoms with van der Waals surface area (Å²) in [5.74, 6) is 0.620. The van der Waals surface area contributed by atoms with Crippen LogP contribution in [0.15, 0.2) is 77.9 Å². The molecule has 3 unspecified atom stereocenters. The highest BCUT2D eigenvalue weighted by molar-refractivity contribution is 7.61. The second-order valence-corrected chi connectivity index (χ2v) is 13.1. The first-order valence-corrected chi connectivity index (χ1v) is 17.0. The molecule has 1 amide bonds. The monoisotopic (exact) mass is 678 g/mol. The van der Waals surface area contributed by atoms with Crippen LogP contribution in [0.4, 0.5) is 10.5 Å². The number of hydrogen-bond donors (Lipinski definition) is 3. The molecule has 16 nitrogen and oxygen atoms in total. The third kappa shape index (κ3) is 8.29. The Morgan fingerprint density at radius 1 is 1.09 bits per heavy atom. The van der Waals surface area contributed by atoms with Crippen LogP contribution in [-0.4, -0.2) is 62.4 Å². The molecular formula is C28H32N4O12P2. The molecule has 2 aromatic heterocycles. The topological polar surface area (TPSA) is 198 Å². The fourth-order valence-corrected chi connectivity index (χ4v) is 6.81. The number of phosphoric ester groups is 2. The third-order valence-electron chi connectivity index (χ3n) is 6.75. The molecular weight excluding hydrogens is 646 g/mol. The minimum Gasteiger partial charge on any atom is -0.497 e. The normalized spacial score (nSPS) is 20.6. The van der Waals surface area contributed by atoms with E-state index in [0.29, 0.717) is 29.2 Å². The molecule has 2 aromatic carbocycles. The molecule has 0 aliphatic carbocycles. The van der Waals surface area contributed by atoms with E-state index in [0.717, 1.165) is 5.56 Å². The largest absolute Gasteiger partial charge is 0.497 e. The van der Waals surface area contributed by atoms with Crippen molar-refractivity contribution in [2.45, 2.75) is 38.2 Å². The number of benzene rings is 2. The van der Waals surface area contributed by atoms with Crippen LogP contribution in [0, 0.1) is 0 Å². The number of aromatic nitrogens is 3. The maximum Gasteiger partial charge on any atom is 0.481 e. The Balaban J connectivity index is 1.36. The number of phosphoric acid groups is 2. The molecule has 0 saturated carbocycles. The first kappa shape index (κ1) is 33.5. The van der Waals surface area contributed by atoms with Crippen LogP contribution >= 0.6 is 15.6 Å². The van der Waals surface area contributed by atoms with Gasteiger partial charge in [0, 0.05) is 30.1 Å². The Hall–Kier alpha value is -3.85. The number of anilines is 1. The van der Waals surface area contributed by atoms with Gasteiger partial charge in [0.25, 0.3) is 0 Å². The zero-order valence-corrected chi connectivity index (χ0v) is 26.5. The summed E-state index contributed by atoms with van der Waals surface area (Å²) >= 11 is 0. The second kappa shape index (κ2) is 14.3. The van der Waals surface area contributed by atoms with Gasteiger partial charge in [0.1, 0.15) is 29.8 Å². The maximum atomic E-state index is 13.6. The summed E-state index contributed by atoms with van der Waals surface area (Å²) < 4.78 is 57.8. The van der Waals surface area contributed by atoms with Gasteiger partial charge in [0.2, 0.25) is 0 Å². The first-order valence-electron chi connectivity index (χ1n) is 14.1. The van der Waals surface area contributed by atoms with Crippen molar-refractivity contribution in [2.75, 3.05) is 25.6 Å². The van der Waals surface area contributed by atoms with Gasteiger partial charge in [-0.2, -0.15) is 4.31 Å². The van der Waals surface area contributed by atoms with Crippen LogP contribution in [0.3, 0.4) is 0 Å². The molecule has 246 valence electrons. The van der Waals surface area contributed by atoms with Gasteiger partial charge in [-0.3, -0.25) is 23.3 Å². The smallest absolute Gasteiger partial charge is 0.481 e. The number of amides is 1. The number of nitrogens with one attached hydrogen (secondary N) is 1. The highest BCUT2D eigenvalue weighted by Gasteiger charge is 2.43. The van der Waals surface area contributed by atoms with Crippen molar-refractivity contribution in [3.63, 3.8) is 0 Å². The fraction of sp³-hybridized carbons (Fsp3) is 0.321. The molecule has 1 fully saturated rings. The third-order valence-corrected chi connectivity index (χ3v) is 9.38. The zero-order valence-electron chi connectivity index (χ0n) is 24.7. The van der Waals surface area contributed by atoms with Crippen molar-refractivity contribution in [1.82, 2.24) is 14.0 Å². The van der Waals surface area contributed by atoms with Gasteiger partial charge in [-0.05, 0) is 36.8 Å². The highest BCUT2D eigenvalue weighted by Crippen LogP contribution is 2.60. The lowest BCUT2D eigenvalue weighted by Gasteiger charge is -2.21. The number of nitrogens with zero attached hydrogens (tertiary/aromatic N) is 3. The van der Waals surface area contributed by atoms with E-state index in [1.165, 1.54) is 15.2 Å². The Kier molecular flexibility index (Phi) is 10.4.